The molecule has 0 fully saturated rings. The van der Waals surface area contributed by atoms with Crippen molar-refractivity contribution in [1.29, 1.82) is 0 Å². The van der Waals surface area contributed by atoms with Gasteiger partial charge in [0.05, 0.1) is 35.8 Å². The average molecular weight is 934 g/mol. The molecule has 4 aliphatic rings. The Morgan fingerprint density at radius 1 is 0.714 bits per heavy atom. The summed E-state index contributed by atoms with van der Waals surface area (Å²) >= 11 is 0. The van der Waals surface area contributed by atoms with Gasteiger partial charge in [-0.05, 0) is 93.5 Å². The molecule has 6 atom stereocenters. The van der Waals surface area contributed by atoms with Crippen molar-refractivity contribution < 1.29 is 81.4 Å². The number of nitrogens with zero attached hydrogens (tertiary/aromatic N) is 3. The molecule has 1 aromatic carbocycles. The van der Waals surface area contributed by atoms with Crippen molar-refractivity contribution in [2.45, 2.75) is 64.2 Å². The first-order valence-electron chi connectivity index (χ1n) is 19.5. The predicted molar refractivity (Wildman–Crippen MR) is 226 cm³/mol. The highest BCUT2D eigenvalue weighted by Crippen LogP contribution is 2.81. The van der Waals surface area contributed by atoms with Crippen LogP contribution in [0.5, 0.6) is 5.75 Å². The lowest BCUT2D eigenvalue weighted by molar-refractivity contribution is -0.143. The van der Waals surface area contributed by atoms with Crippen LogP contribution in [-0.4, -0.2) is 68.3 Å². The second-order valence-electron chi connectivity index (χ2n) is 14.2. The first-order chi connectivity index (χ1) is 30.1. The summed E-state index contributed by atoms with van der Waals surface area (Å²) in [5.74, 6) is -6.82. The normalized spacial score (nSPS) is 27.1. The highest BCUT2D eigenvalue weighted by atomic mass is 31.3. The topological polar surface area (TPSA) is 296 Å². The molecule has 1 aromatic rings. The minimum atomic E-state index is -4.41. The van der Waals surface area contributed by atoms with E-state index in [1.54, 1.807) is 18.2 Å². The van der Waals surface area contributed by atoms with Crippen LogP contribution < -0.4 is 4.52 Å². The highest BCUT2D eigenvalue weighted by molar-refractivity contribution is 7.78. The van der Waals surface area contributed by atoms with E-state index in [1.807, 2.05) is 0 Å². The molecule has 0 radical (unpaired) electrons. The molecule has 0 spiro atoms. The zero-order valence-corrected chi connectivity index (χ0v) is 36.3. The van der Waals surface area contributed by atoms with Gasteiger partial charge in [-0.1, -0.05) is 29.3 Å². The number of carbonyl (C=O) groups excluding carboxylic acids is 1. The van der Waals surface area contributed by atoms with Gasteiger partial charge in [0, 0.05) is 31.3 Å². The second kappa shape index (κ2) is 21.9. The molecule has 0 amide bonds. The summed E-state index contributed by atoms with van der Waals surface area (Å²) in [6.45, 7) is 3.23. The number of aldehydes is 1. The van der Waals surface area contributed by atoms with Crippen LogP contribution >= 0.6 is 23.0 Å². The number of carboxylic acids is 5. The van der Waals surface area contributed by atoms with Gasteiger partial charge in [-0.2, -0.15) is 0 Å². The number of carboxylic acid groups (broad SMARTS) is 5. The van der Waals surface area contributed by atoms with E-state index in [0.717, 1.165) is 30.8 Å². The van der Waals surface area contributed by atoms with Gasteiger partial charge in [-0.25, -0.2) is 14.4 Å². The molecular formula is C40H46N3O17P3. The summed E-state index contributed by atoms with van der Waals surface area (Å²) in [6.07, 6.45) is 13.7. The van der Waals surface area contributed by atoms with Gasteiger partial charge < -0.3 is 52.9 Å². The number of allylic oxidation sites excluding steroid dienone is 8. The Labute approximate surface area is 361 Å². The molecule has 0 saturated heterocycles. The fourth-order valence-electron chi connectivity index (χ4n) is 6.26. The Bertz CT molecular complexity index is 2350. The summed E-state index contributed by atoms with van der Waals surface area (Å²) in [7, 11) is -13.2. The molecule has 63 heavy (non-hydrogen) atoms. The monoisotopic (exact) mass is 933 g/mol. The molecule has 1 heterocycles. The first kappa shape index (κ1) is 48.1. The Balaban J connectivity index is 1.82. The van der Waals surface area contributed by atoms with Gasteiger partial charge in [-0.15, -0.1) is 9.03 Å². The minimum Gasteiger partial charge on any atom is -0.481 e. The van der Waals surface area contributed by atoms with Crippen LogP contribution in [0.2, 0.25) is 0 Å². The van der Waals surface area contributed by atoms with E-state index in [2.05, 4.69) is 6.58 Å². The van der Waals surface area contributed by atoms with Crippen molar-refractivity contribution in [1.82, 2.24) is 0 Å². The van der Waals surface area contributed by atoms with Crippen LogP contribution in [0.3, 0.4) is 0 Å². The van der Waals surface area contributed by atoms with E-state index in [1.165, 1.54) is 36.4 Å². The molecule has 5 rings (SSSR count). The van der Waals surface area contributed by atoms with Crippen LogP contribution in [0.15, 0.2) is 122 Å². The third-order valence-corrected chi connectivity index (χ3v) is 17.8. The van der Waals surface area contributed by atoms with Gasteiger partial charge >= 0.3 is 52.8 Å². The Kier molecular flexibility index (Phi) is 16.7. The number of aliphatic carboxylic acids is 4. The molecule has 338 valence electrons. The van der Waals surface area contributed by atoms with Gasteiger partial charge in [0.1, 0.15) is 29.3 Å². The van der Waals surface area contributed by atoms with Crippen LogP contribution in [0, 0.1) is 17.8 Å². The van der Waals surface area contributed by atoms with E-state index < -0.39 is 64.7 Å². The van der Waals surface area contributed by atoms with Crippen LogP contribution in [0.4, 0.5) is 0 Å². The Morgan fingerprint density at radius 2 is 1.27 bits per heavy atom. The SMILES string of the molecule is C=C/C(=C\CCOP1(OC2=CCC(C(=O)O)CC2)=NP(OC2=CCC(C=O)CC2)(Oc2ccc(C(=O)O)cc2)=NP(O/C=C/C=C/C(=O)O)(OC2=CCC(C(=O)O)CC2)=N1)C(=O)O. The van der Waals surface area contributed by atoms with E-state index in [4.69, 9.17) is 40.7 Å². The minimum absolute atomic E-state index is 0.00317. The van der Waals surface area contributed by atoms with Crippen LogP contribution in [0.1, 0.15) is 74.6 Å². The molecule has 3 aliphatic carbocycles. The maximum atomic E-state index is 11.9. The molecule has 0 aromatic heterocycles. The van der Waals surface area contributed by atoms with E-state index in [9.17, 15) is 54.3 Å². The van der Waals surface area contributed by atoms with Crippen LogP contribution in [-0.2, 0) is 46.6 Å². The van der Waals surface area contributed by atoms with Gasteiger partial charge in [0.25, 0.3) is 0 Å². The summed E-state index contributed by atoms with van der Waals surface area (Å²) in [5.41, 5.74) is -0.219. The number of hydrogen-bond acceptors (Lipinski definition) is 15. The molecule has 0 bridgehead atoms. The van der Waals surface area contributed by atoms with Crippen LogP contribution in [0.25, 0.3) is 0 Å². The van der Waals surface area contributed by atoms with Crippen molar-refractivity contribution in [3.8, 4) is 5.75 Å². The quantitative estimate of drug-likeness (QED) is 0.0180. The smallest absolute Gasteiger partial charge is 0.459 e. The average Bonchev–Trinajstić information content (AvgIpc) is 3.24. The zero-order valence-electron chi connectivity index (χ0n) is 33.6. The summed E-state index contributed by atoms with van der Waals surface area (Å²) in [6, 6.07) is 5.20. The lowest BCUT2D eigenvalue weighted by atomic mass is 9.94. The van der Waals surface area contributed by atoms with E-state index in [0.29, 0.717) is 6.42 Å². The first-order valence-corrected chi connectivity index (χ1v) is 24.1. The Morgan fingerprint density at radius 3 is 1.76 bits per heavy atom. The lowest BCUT2D eigenvalue weighted by Crippen LogP contribution is -2.17. The number of aromatic carboxylic acids is 1. The predicted octanol–water partition coefficient (Wildman–Crippen LogP) is 9.86. The largest absolute Gasteiger partial charge is 0.481 e. The maximum Gasteiger partial charge on any atom is 0.459 e. The molecule has 0 saturated carbocycles. The Hall–Kier alpha value is -5.93. The highest BCUT2D eigenvalue weighted by Gasteiger charge is 2.48. The van der Waals surface area contributed by atoms with Gasteiger partial charge in [-0.3, -0.25) is 14.1 Å². The number of carbonyl (C=O) groups is 6. The molecule has 1 aliphatic heterocycles. The van der Waals surface area contributed by atoms with E-state index in [-0.39, 0.29) is 104 Å². The second-order valence-corrected chi connectivity index (χ2v) is 20.4. The summed E-state index contributed by atoms with van der Waals surface area (Å²) in [5, 5.41) is 47.9. The molecular weight excluding hydrogens is 887 g/mol. The summed E-state index contributed by atoms with van der Waals surface area (Å²) in [4.78, 5) is 70.4. The van der Waals surface area contributed by atoms with Crippen molar-refractivity contribution >= 4 is 59.1 Å². The molecule has 23 heteroatoms. The molecule has 5 N–H and O–H groups in total. The van der Waals surface area contributed by atoms with Crippen molar-refractivity contribution in [2.24, 2.45) is 31.3 Å². The van der Waals surface area contributed by atoms with Crippen molar-refractivity contribution in [3.05, 3.63) is 114 Å². The standard InChI is InChI=1S/C40H46N3O17P3/c1-2-28(37(47)48)6-5-25-56-62(58-34-20-12-30(13-21-34)39(51)52)41-61(55-24-4-3-7-36(45)46,57-33-18-10-29(11-19-33)38(49)50)42-63(43-62,59-32-16-8-27(26-44)9-17-32)60-35-22-14-31(15-23-35)40(53)54/h2-4,6-7,14-16,18,20,22-24,26-27,29-30H,1,5,8-13,17,19,21,25H2,(H,45,46)(H,47,48)(H,49,50)(H,51,52)(H,53,54)/b7-3+,24-4+,28-6+. The molecule has 20 nitrogen and oxygen atoms in total. The number of hydrogen-bond donors (Lipinski definition) is 5. The van der Waals surface area contributed by atoms with Gasteiger partial charge in [0.15, 0.2) is 0 Å². The third-order valence-electron chi connectivity index (χ3n) is 9.59. The summed E-state index contributed by atoms with van der Waals surface area (Å²) < 4.78 is 54.0. The van der Waals surface area contributed by atoms with Gasteiger partial charge in [0.2, 0.25) is 0 Å². The zero-order chi connectivity index (χ0) is 45.6. The fourth-order valence-corrected chi connectivity index (χ4v) is 15.5. The number of benzene rings is 1. The number of rotatable bonds is 22. The van der Waals surface area contributed by atoms with Crippen molar-refractivity contribution in [3.63, 3.8) is 0 Å². The maximum absolute atomic E-state index is 11.9. The van der Waals surface area contributed by atoms with E-state index >= 15 is 0 Å². The molecule has 6 unspecified atom stereocenters. The fraction of sp³-hybridized carbons (Fsp3) is 0.350. The van der Waals surface area contributed by atoms with Crippen molar-refractivity contribution in [2.75, 3.05) is 6.61 Å². The third kappa shape index (κ3) is 13.8. The lowest BCUT2D eigenvalue weighted by Gasteiger charge is -2.35.